The summed E-state index contributed by atoms with van der Waals surface area (Å²) in [5.41, 5.74) is 5.70. The lowest BCUT2D eigenvalue weighted by Crippen LogP contribution is -2.17. The zero-order valence-electron chi connectivity index (χ0n) is 16.0. The Kier molecular flexibility index (Phi) is 5.47. The van der Waals surface area contributed by atoms with Crippen molar-refractivity contribution in [3.05, 3.63) is 101 Å². The van der Waals surface area contributed by atoms with Crippen LogP contribution in [0.1, 0.15) is 27.8 Å². The van der Waals surface area contributed by atoms with Gasteiger partial charge in [0.25, 0.3) is 0 Å². The van der Waals surface area contributed by atoms with E-state index in [4.69, 9.17) is 4.74 Å². The topological polar surface area (TPSA) is 53.0 Å². The Balaban J connectivity index is 1.52. The van der Waals surface area contributed by atoms with Crippen molar-refractivity contribution in [3.63, 3.8) is 0 Å². The van der Waals surface area contributed by atoms with E-state index in [1.54, 1.807) is 12.1 Å². The first kappa shape index (κ1) is 18.7. The second kappa shape index (κ2) is 8.17. The average molecular weight is 374 g/mol. The van der Waals surface area contributed by atoms with E-state index in [2.05, 4.69) is 42.5 Å². The maximum atomic E-state index is 9.82. The molecule has 0 aromatic heterocycles. The maximum absolute atomic E-state index is 9.82. The molecule has 0 saturated carbocycles. The third-order valence-electron chi connectivity index (χ3n) is 5.57. The molecule has 1 unspecified atom stereocenters. The molecular formula is C25H26O3. The fourth-order valence-corrected chi connectivity index (χ4v) is 3.75. The molecule has 4 rings (SSSR count). The summed E-state index contributed by atoms with van der Waals surface area (Å²) in [6, 6.07) is 24.5. The Morgan fingerprint density at radius 2 is 1.36 bits per heavy atom. The molecule has 0 spiro atoms. The smallest absolute Gasteiger partial charge is 0.140 e. The molecular weight excluding hydrogens is 348 g/mol. The van der Waals surface area contributed by atoms with Crippen LogP contribution in [0.15, 0.2) is 72.8 Å². The van der Waals surface area contributed by atoms with Gasteiger partial charge in [0, 0.05) is 0 Å². The highest BCUT2D eigenvalue weighted by molar-refractivity contribution is 5.40. The van der Waals surface area contributed by atoms with Crippen LogP contribution in [0, 0.1) is 0 Å². The number of epoxide rings is 1. The Morgan fingerprint density at radius 1 is 0.750 bits per heavy atom. The number of aliphatic hydroxyl groups is 1. The lowest BCUT2D eigenvalue weighted by Gasteiger charge is -2.17. The van der Waals surface area contributed by atoms with E-state index in [0.717, 1.165) is 31.2 Å². The van der Waals surface area contributed by atoms with Gasteiger partial charge in [-0.15, -0.1) is 0 Å². The minimum atomic E-state index is -0.499. The number of phenolic OH excluding ortho intramolecular Hbond substituents is 1. The molecule has 0 aliphatic carbocycles. The summed E-state index contributed by atoms with van der Waals surface area (Å²) in [5.74, 6) is 0.301. The number of ether oxygens (including phenoxy) is 1. The van der Waals surface area contributed by atoms with Gasteiger partial charge in [-0.05, 0) is 65.6 Å². The molecule has 1 saturated heterocycles. The summed E-state index contributed by atoms with van der Waals surface area (Å²) in [5, 5.41) is 19.3. The van der Waals surface area contributed by atoms with Gasteiger partial charge in [-0.3, -0.25) is 0 Å². The van der Waals surface area contributed by atoms with Gasteiger partial charge in [0.2, 0.25) is 0 Å². The molecule has 3 aromatic rings. The predicted molar refractivity (Wildman–Crippen MR) is 111 cm³/mol. The molecule has 1 aliphatic heterocycles. The van der Waals surface area contributed by atoms with Crippen LogP contribution in [-0.2, 0) is 36.0 Å². The van der Waals surface area contributed by atoms with Gasteiger partial charge < -0.3 is 14.9 Å². The molecule has 1 atom stereocenters. The Hall–Kier alpha value is -2.62. The van der Waals surface area contributed by atoms with E-state index in [1.165, 1.54) is 22.3 Å². The fraction of sp³-hybridized carbons (Fsp3) is 0.280. The molecule has 1 aliphatic rings. The second-order valence-corrected chi connectivity index (χ2v) is 7.58. The fourth-order valence-electron chi connectivity index (χ4n) is 3.75. The van der Waals surface area contributed by atoms with Gasteiger partial charge in [-0.25, -0.2) is 0 Å². The van der Waals surface area contributed by atoms with E-state index in [9.17, 15) is 10.2 Å². The summed E-state index contributed by atoms with van der Waals surface area (Å²) < 4.78 is 5.63. The van der Waals surface area contributed by atoms with E-state index in [0.29, 0.717) is 12.4 Å². The van der Waals surface area contributed by atoms with Crippen LogP contribution in [-0.4, -0.2) is 23.4 Å². The first-order valence-electron chi connectivity index (χ1n) is 9.87. The van der Waals surface area contributed by atoms with Gasteiger partial charge in [0.1, 0.15) is 11.4 Å². The van der Waals surface area contributed by atoms with E-state index >= 15 is 0 Å². The van der Waals surface area contributed by atoms with Crippen LogP contribution in [0.5, 0.6) is 5.75 Å². The van der Waals surface area contributed by atoms with Gasteiger partial charge >= 0.3 is 0 Å². The van der Waals surface area contributed by atoms with Crippen LogP contribution >= 0.6 is 0 Å². The van der Waals surface area contributed by atoms with Crippen molar-refractivity contribution in [1.29, 1.82) is 0 Å². The largest absolute Gasteiger partial charge is 0.508 e. The molecule has 3 nitrogen and oxygen atoms in total. The molecule has 1 heterocycles. The Morgan fingerprint density at radius 3 is 2.04 bits per heavy atom. The van der Waals surface area contributed by atoms with Crippen molar-refractivity contribution < 1.29 is 14.9 Å². The number of hydrogen-bond acceptors (Lipinski definition) is 3. The number of aromatic hydroxyl groups is 1. The Bertz CT molecular complexity index is 912. The number of aryl methyl sites for hydroxylation is 4. The first-order valence-corrected chi connectivity index (χ1v) is 9.87. The molecule has 3 aromatic carbocycles. The third kappa shape index (κ3) is 4.27. The lowest BCUT2D eigenvalue weighted by molar-refractivity contribution is 0.172. The highest BCUT2D eigenvalue weighted by Gasteiger charge is 2.47. The summed E-state index contributed by atoms with van der Waals surface area (Å²) in [4.78, 5) is 0. The number of benzene rings is 3. The van der Waals surface area contributed by atoms with E-state index in [-0.39, 0.29) is 6.61 Å². The summed E-state index contributed by atoms with van der Waals surface area (Å²) in [7, 11) is 0. The van der Waals surface area contributed by atoms with Crippen LogP contribution in [0.2, 0.25) is 0 Å². The molecule has 144 valence electrons. The van der Waals surface area contributed by atoms with Gasteiger partial charge in [0.05, 0.1) is 13.2 Å². The van der Waals surface area contributed by atoms with Gasteiger partial charge in [-0.1, -0.05) is 60.7 Å². The van der Waals surface area contributed by atoms with Crippen molar-refractivity contribution >= 4 is 0 Å². The zero-order valence-corrected chi connectivity index (χ0v) is 16.0. The summed E-state index contributed by atoms with van der Waals surface area (Å²) >= 11 is 0. The second-order valence-electron chi connectivity index (χ2n) is 7.58. The molecule has 0 radical (unpaired) electrons. The monoisotopic (exact) mass is 374 g/mol. The number of rotatable bonds is 8. The van der Waals surface area contributed by atoms with Crippen molar-refractivity contribution in [1.82, 2.24) is 0 Å². The molecule has 3 heteroatoms. The number of phenols is 1. The van der Waals surface area contributed by atoms with Crippen LogP contribution < -0.4 is 0 Å². The van der Waals surface area contributed by atoms with Crippen molar-refractivity contribution in [3.8, 4) is 5.75 Å². The molecule has 0 amide bonds. The average Bonchev–Trinajstić information content (AvgIpc) is 3.54. The highest BCUT2D eigenvalue weighted by Crippen LogP contribution is 2.40. The number of aliphatic hydroxyl groups excluding tert-OH is 1. The van der Waals surface area contributed by atoms with E-state index in [1.807, 2.05) is 18.2 Å². The number of hydrogen-bond donors (Lipinski definition) is 2. The van der Waals surface area contributed by atoms with Crippen molar-refractivity contribution in [2.75, 3.05) is 13.2 Å². The van der Waals surface area contributed by atoms with Crippen LogP contribution in [0.25, 0.3) is 0 Å². The molecule has 2 N–H and O–H groups in total. The minimum Gasteiger partial charge on any atom is -0.508 e. The normalized spacial score (nSPS) is 18.2. The predicted octanol–water partition coefficient (Wildman–Crippen LogP) is 4.18. The third-order valence-corrected chi connectivity index (χ3v) is 5.57. The van der Waals surface area contributed by atoms with Crippen molar-refractivity contribution in [2.45, 2.75) is 31.3 Å². The van der Waals surface area contributed by atoms with Crippen molar-refractivity contribution in [2.24, 2.45) is 0 Å². The first-order chi connectivity index (χ1) is 13.7. The highest BCUT2D eigenvalue weighted by atomic mass is 16.6. The van der Waals surface area contributed by atoms with Gasteiger partial charge in [0.15, 0.2) is 0 Å². The van der Waals surface area contributed by atoms with E-state index < -0.39 is 5.60 Å². The summed E-state index contributed by atoms with van der Waals surface area (Å²) in [6.07, 6.45) is 3.77. The molecule has 0 bridgehead atoms. The van der Waals surface area contributed by atoms with Gasteiger partial charge in [-0.2, -0.15) is 0 Å². The minimum absolute atomic E-state index is 0.0260. The molecule has 28 heavy (non-hydrogen) atoms. The maximum Gasteiger partial charge on any atom is 0.140 e. The molecule has 1 fully saturated rings. The Labute approximate surface area is 166 Å². The standard InChI is InChI=1S/C25H26O3/c26-17-25(18-28-25)24-15-11-21(7-6-20-9-13-23(27)14-10-20)16-22(24)12-8-19-4-2-1-3-5-19/h1-5,9-11,13-16,26-27H,6-8,12,17-18H2. The lowest BCUT2D eigenvalue weighted by atomic mass is 9.89. The van der Waals surface area contributed by atoms with Crippen LogP contribution in [0.4, 0.5) is 0 Å². The summed E-state index contributed by atoms with van der Waals surface area (Å²) in [6.45, 7) is 0.618. The SMILES string of the molecule is OCC1(c2ccc(CCc3ccc(O)cc3)cc2CCc2ccccc2)CO1. The van der Waals surface area contributed by atoms with Crippen LogP contribution in [0.3, 0.4) is 0 Å². The zero-order chi connectivity index (χ0) is 19.4. The quantitative estimate of drug-likeness (QED) is 0.582.